The number of ether oxygens (including phenoxy) is 2. The van der Waals surface area contributed by atoms with E-state index in [0.29, 0.717) is 17.2 Å². The largest absolute Gasteiger partial charge is 0.497 e. The Morgan fingerprint density at radius 3 is 2.76 bits per heavy atom. The predicted molar refractivity (Wildman–Crippen MR) is 97.5 cm³/mol. The zero-order valence-corrected chi connectivity index (χ0v) is 14.7. The molecule has 0 bridgehead atoms. The van der Waals surface area contributed by atoms with Gasteiger partial charge in [-0.25, -0.2) is 0 Å². The summed E-state index contributed by atoms with van der Waals surface area (Å²) in [6, 6.07) is 12.7. The van der Waals surface area contributed by atoms with Gasteiger partial charge in [0.1, 0.15) is 11.5 Å². The Kier molecular flexibility index (Phi) is 5.14. The Labute approximate surface area is 149 Å². The average Bonchev–Trinajstić information content (AvgIpc) is 2.62. The van der Waals surface area contributed by atoms with Crippen LogP contribution in [0.2, 0.25) is 0 Å². The lowest BCUT2D eigenvalue weighted by molar-refractivity contribution is -0.120. The molecule has 0 spiro atoms. The minimum atomic E-state index is -0.480. The molecule has 1 heterocycles. The fraction of sp³-hybridized carbons (Fsp3) is 0.222. The number of fused-ring (bicyclic) bond motifs is 1. The van der Waals surface area contributed by atoms with E-state index in [1.165, 1.54) is 18.9 Å². The third kappa shape index (κ3) is 3.88. The Morgan fingerprint density at radius 2 is 2.00 bits per heavy atom. The monoisotopic (exact) mass is 358 g/mol. The zero-order chi connectivity index (χ0) is 17.8. The Bertz CT molecular complexity index is 809. The first-order chi connectivity index (χ1) is 12.1. The lowest BCUT2D eigenvalue weighted by Crippen LogP contribution is -2.32. The van der Waals surface area contributed by atoms with Gasteiger partial charge in [0.05, 0.1) is 30.8 Å². The van der Waals surface area contributed by atoms with E-state index in [9.17, 15) is 9.59 Å². The van der Waals surface area contributed by atoms with Crippen LogP contribution in [-0.2, 0) is 9.59 Å². The van der Waals surface area contributed by atoms with Crippen molar-refractivity contribution in [1.29, 1.82) is 0 Å². The number of benzene rings is 2. The SMILES string of the molecule is COc1ccc(OC)c(NC(=O)C[C@H]2Sc3ccccc3NC2=O)c1. The summed E-state index contributed by atoms with van der Waals surface area (Å²) < 4.78 is 10.4. The van der Waals surface area contributed by atoms with Crippen LogP contribution < -0.4 is 20.1 Å². The van der Waals surface area contributed by atoms with Crippen molar-refractivity contribution in [3.05, 3.63) is 42.5 Å². The van der Waals surface area contributed by atoms with Gasteiger partial charge in [0, 0.05) is 17.4 Å². The Morgan fingerprint density at radius 1 is 1.20 bits per heavy atom. The molecular weight excluding hydrogens is 340 g/mol. The van der Waals surface area contributed by atoms with Crippen molar-refractivity contribution < 1.29 is 19.1 Å². The molecular formula is C18H18N2O4S. The Hall–Kier alpha value is -2.67. The van der Waals surface area contributed by atoms with E-state index in [1.807, 2.05) is 24.3 Å². The number of methoxy groups -OCH3 is 2. The average molecular weight is 358 g/mol. The molecule has 0 unspecified atom stereocenters. The number of hydrogen-bond donors (Lipinski definition) is 2. The smallest absolute Gasteiger partial charge is 0.238 e. The molecule has 2 aromatic carbocycles. The number of hydrogen-bond acceptors (Lipinski definition) is 5. The molecule has 7 heteroatoms. The number of rotatable bonds is 5. The highest BCUT2D eigenvalue weighted by molar-refractivity contribution is 8.01. The number of nitrogens with one attached hydrogen (secondary N) is 2. The normalized spacial score (nSPS) is 15.8. The molecule has 0 fully saturated rings. The van der Waals surface area contributed by atoms with Crippen molar-refractivity contribution in [3.8, 4) is 11.5 Å². The van der Waals surface area contributed by atoms with Crippen LogP contribution in [0.1, 0.15) is 6.42 Å². The van der Waals surface area contributed by atoms with Gasteiger partial charge in [0.25, 0.3) is 0 Å². The van der Waals surface area contributed by atoms with E-state index < -0.39 is 5.25 Å². The van der Waals surface area contributed by atoms with E-state index in [4.69, 9.17) is 9.47 Å². The second-order valence-corrected chi connectivity index (χ2v) is 6.65. The Balaban J connectivity index is 1.70. The first-order valence-electron chi connectivity index (χ1n) is 7.69. The van der Waals surface area contributed by atoms with Crippen LogP contribution >= 0.6 is 11.8 Å². The van der Waals surface area contributed by atoms with Crippen molar-refractivity contribution in [2.45, 2.75) is 16.6 Å². The highest BCUT2D eigenvalue weighted by atomic mass is 32.2. The molecule has 6 nitrogen and oxygen atoms in total. The lowest BCUT2D eigenvalue weighted by Gasteiger charge is -2.23. The summed E-state index contributed by atoms with van der Waals surface area (Å²) in [6.45, 7) is 0. The molecule has 2 N–H and O–H groups in total. The number of carbonyl (C=O) groups excluding carboxylic acids is 2. The number of thioether (sulfide) groups is 1. The molecule has 2 amide bonds. The summed E-state index contributed by atoms with van der Waals surface area (Å²) in [5.74, 6) is 0.699. The molecule has 130 valence electrons. The molecule has 0 aliphatic carbocycles. The van der Waals surface area contributed by atoms with Crippen molar-refractivity contribution in [2.75, 3.05) is 24.9 Å². The third-order valence-corrected chi connectivity index (χ3v) is 5.03. The van der Waals surface area contributed by atoms with Gasteiger partial charge >= 0.3 is 0 Å². The maximum absolute atomic E-state index is 12.4. The third-order valence-electron chi connectivity index (χ3n) is 3.76. The molecule has 1 atom stereocenters. The summed E-state index contributed by atoms with van der Waals surface area (Å²) >= 11 is 1.39. The molecule has 1 aliphatic rings. The quantitative estimate of drug-likeness (QED) is 0.859. The standard InChI is InChI=1S/C18H18N2O4S/c1-23-11-7-8-14(24-2)13(9-11)19-17(21)10-16-18(22)20-12-5-3-4-6-15(12)25-16/h3-9,16H,10H2,1-2H3,(H,19,21)(H,20,22)/t16-/m1/s1. The van der Waals surface area contributed by atoms with Crippen LogP contribution in [-0.4, -0.2) is 31.3 Å². The van der Waals surface area contributed by atoms with E-state index in [1.54, 1.807) is 25.3 Å². The van der Waals surface area contributed by atoms with Crippen molar-refractivity contribution in [1.82, 2.24) is 0 Å². The number of carbonyl (C=O) groups is 2. The maximum atomic E-state index is 12.4. The van der Waals surface area contributed by atoms with Gasteiger partial charge in [-0.1, -0.05) is 12.1 Å². The van der Waals surface area contributed by atoms with Gasteiger partial charge in [-0.15, -0.1) is 11.8 Å². The molecule has 1 aliphatic heterocycles. The topological polar surface area (TPSA) is 76.7 Å². The zero-order valence-electron chi connectivity index (χ0n) is 13.9. The van der Waals surface area contributed by atoms with E-state index >= 15 is 0 Å². The first-order valence-corrected chi connectivity index (χ1v) is 8.57. The van der Waals surface area contributed by atoms with Gasteiger partial charge in [0.15, 0.2) is 0 Å². The number of anilines is 2. The summed E-state index contributed by atoms with van der Waals surface area (Å²) in [5.41, 5.74) is 1.29. The second kappa shape index (κ2) is 7.48. The lowest BCUT2D eigenvalue weighted by atomic mass is 10.2. The van der Waals surface area contributed by atoms with Gasteiger partial charge < -0.3 is 20.1 Å². The van der Waals surface area contributed by atoms with Gasteiger partial charge in [0.2, 0.25) is 11.8 Å². The first kappa shape index (κ1) is 17.2. The molecule has 0 aromatic heterocycles. The van der Waals surface area contributed by atoms with E-state index in [0.717, 1.165) is 10.6 Å². The number of para-hydroxylation sites is 1. The molecule has 0 radical (unpaired) electrons. The van der Waals surface area contributed by atoms with Crippen molar-refractivity contribution >= 4 is 35.0 Å². The fourth-order valence-electron chi connectivity index (χ4n) is 2.51. The van der Waals surface area contributed by atoms with Crippen LogP contribution in [0.4, 0.5) is 11.4 Å². The second-order valence-electron chi connectivity index (χ2n) is 5.41. The van der Waals surface area contributed by atoms with Crippen LogP contribution in [0.15, 0.2) is 47.4 Å². The summed E-state index contributed by atoms with van der Waals surface area (Å²) in [7, 11) is 3.08. The van der Waals surface area contributed by atoms with E-state index in [-0.39, 0.29) is 18.2 Å². The number of amides is 2. The summed E-state index contributed by atoms with van der Waals surface area (Å²) in [5, 5.41) is 5.15. The van der Waals surface area contributed by atoms with Crippen molar-refractivity contribution in [3.63, 3.8) is 0 Å². The minimum absolute atomic E-state index is 0.0607. The maximum Gasteiger partial charge on any atom is 0.238 e. The molecule has 2 aromatic rings. The molecule has 3 rings (SSSR count). The predicted octanol–water partition coefficient (Wildman–Crippen LogP) is 3.15. The van der Waals surface area contributed by atoms with Crippen molar-refractivity contribution in [2.24, 2.45) is 0 Å². The fourth-order valence-corrected chi connectivity index (χ4v) is 3.62. The van der Waals surface area contributed by atoms with E-state index in [2.05, 4.69) is 10.6 Å². The van der Waals surface area contributed by atoms with Crippen LogP contribution in [0, 0.1) is 0 Å². The highest BCUT2D eigenvalue weighted by Crippen LogP contribution is 2.37. The summed E-state index contributed by atoms with van der Waals surface area (Å²) in [6.07, 6.45) is 0.0607. The minimum Gasteiger partial charge on any atom is -0.497 e. The van der Waals surface area contributed by atoms with Crippen LogP contribution in [0.5, 0.6) is 11.5 Å². The molecule has 25 heavy (non-hydrogen) atoms. The van der Waals surface area contributed by atoms with Gasteiger partial charge in [-0.2, -0.15) is 0 Å². The van der Waals surface area contributed by atoms with Gasteiger partial charge in [-0.05, 0) is 24.3 Å². The van der Waals surface area contributed by atoms with Crippen LogP contribution in [0.25, 0.3) is 0 Å². The molecule has 0 saturated heterocycles. The van der Waals surface area contributed by atoms with Crippen LogP contribution in [0.3, 0.4) is 0 Å². The highest BCUT2D eigenvalue weighted by Gasteiger charge is 2.29. The summed E-state index contributed by atoms with van der Waals surface area (Å²) in [4.78, 5) is 25.6. The van der Waals surface area contributed by atoms with Gasteiger partial charge in [-0.3, -0.25) is 9.59 Å². The molecule has 0 saturated carbocycles.